The van der Waals surface area contributed by atoms with Crippen molar-refractivity contribution in [2.24, 2.45) is 5.92 Å². The molecule has 0 spiro atoms. The zero-order valence-corrected chi connectivity index (χ0v) is 17.8. The van der Waals surface area contributed by atoms with E-state index in [4.69, 9.17) is 17.0 Å². The van der Waals surface area contributed by atoms with E-state index in [1.54, 1.807) is 6.07 Å². The van der Waals surface area contributed by atoms with Gasteiger partial charge in [-0.2, -0.15) is 0 Å². The molecule has 0 aliphatic heterocycles. The van der Waals surface area contributed by atoms with Crippen LogP contribution < -0.4 is 16.2 Å². The van der Waals surface area contributed by atoms with Crippen LogP contribution in [0.15, 0.2) is 12.1 Å². The first-order chi connectivity index (χ1) is 12.9. The first-order valence-corrected chi connectivity index (χ1v) is 10.6. The van der Waals surface area contributed by atoms with Crippen LogP contribution in [0.25, 0.3) is 0 Å². The minimum Gasteiger partial charge on any atom is -0.465 e. The lowest BCUT2D eigenvalue weighted by Gasteiger charge is -2.18. The number of anilines is 1. The topological polar surface area (TPSA) is 79.5 Å². The number of hydrazine groups is 1. The van der Waals surface area contributed by atoms with E-state index in [0.717, 1.165) is 29.7 Å². The molecule has 0 aromatic carbocycles. The normalized spacial score (nSPS) is 15.6. The highest BCUT2D eigenvalue weighted by molar-refractivity contribution is 7.80. The van der Waals surface area contributed by atoms with E-state index in [1.165, 1.54) is 34.7 Å². The molecule has 6 nitrogen and oxygen atoms in total. The molecule has 0 radical (unpaired) electrons. The predicted molar refractivity (Wildman–Crippen MR) is 113 cm³/mol. The van der Waals surface area contributed by atoms with Crippen molar-refractivity contribution in [3.63, 3.8) is 0 Å². The average Bonchev–Trinajstić information content (AvgIpc) is 3.22. The van der Waals surface area contributed by atoms with E-state index in [0.29, 0.717) is 21.4 Å². The standard InChI is InChI=1S/C18H21N3O3S3/c1-9-4-6-11-13(8-9)27-16(14(11)17(23)24-3)19-18(25)21-20-15(22)12-7-5-10(2)26-12/h5,7,9H,4,6,8H2,1-3H3,(H,20,22)(H2,19,21,25)/t9-/m0/s1. The lowest BCUT2D eigenvalue weighted by molar-refractivity contribution is 0.0600. The van der Waals surface area contributed by atoms with Crippen LogP contribution in [-0.4, -0.2) is 24.1 Å². The molecule has 3 N–H and O–H groups in total. The molecule has 0 saturated carbocycles. The minimum atomic E-state index is -0.370. The molecular formula is C18H21N3O3S3. The van der Waals surface area contributed by atoms with Gasteiger partial charge in [0.25, 0.3) is 5.91 Å². The summed E-state index contributed by atoms with van der Waals surface area (Å²) in [5, 5.41) is 3.91. The Balaban J connectivity index is 1.70. The number of fused-ring (bicyclic) bond motifs is 1. The van der Waals surface area contributed by atoms with E-state index in [9.17, 15) is 9.59 Å². The van der Waals surface area contributed by atoms with Crippen LogP contribution in [0.1, 0.15) is 48.7 Å². The summed E-state index contributed by atoms with van der Waals surface area (Å²) in [4.78, 5) is 27.3. The Labute approximate surface area is 171 Å². The molecule has 9 heteroatoms. The van der Waals surface area contributed by atoms with Gasteiger partial charge in [0.05, 0.1) is 17.6 Å². The predicted octanol–water partition coefficient (Wildman–Crippen LogP) is 3.66. The highest BCUT2D eigenvalue weighted by atomic mass is 32.1. The Morgan fingerprint density at radius 1 is 1.26 bits per heavy atom. The number of rotatable bonds is 3. The Bertz CT molecular complexity index is 888. The minimum absolute atomic E-state index is 0.216. The van der Waals surface area contributed by atoms with E-state index in [-0.39, 0.29) is 17.0 Å². The van der Waals surface area contributed by atoms with Gasteiger partial charge in [0, 0.05) is 9.75 Å². The third kappa shape index (κ3) is 4.48. The van der Waals surface area contributed by atoms with E-state index < -0.39 is 0 Å². The largest absolute Gasteiger partial charge is 0.465 e. The molecule has 0 unspecified atom stereocenters. The molecule has 1 atom stereocenters. The van der Waals surface area contributed by atoms with Crippen LogP contribution in [0, 0.1) is 12.8 Å². The van der Waals surface area contributed by atoms with Crippen LogP contribution in [-0.2, 0) is 17.6 Å². The number of esters is 1. The molecule has 0 saturated heterocycles. The highest BCUT2D eigenvalue weighted by Gasteiger charge is 2.28. The van der Waals surface area contributed by atoms with Crippen LogP contribution in [0.3, 0.4) is 0 Å². The lowest BCUT2D eigenvalue weighted by Crippen LogP contribution is -2.43. The van der Waals surface area contributed by atoms with E-state index >= 15 is 0 Å². The summed E-state index contributed by atoms with van der Waals surface area (Å²) in [6.45, 7) is 4.15. The summed E-state index contributed by atoms with van der Waals surface area (Å²) >= 11 is 8.20. The van der Waals surface area contributed by atoms with Crippen LogP contribution in [0.5, 0.6) is 0 Å². The van der Waals surface area contributed by atoms with Crippen LogP contribution in [0.2, 0.25) is 0 Å². The maximum absolute atomic E-state index is 12.3. The van der Waals surface area contributed by atoms with Gasteiger partial charge in [0.2, 0.25) is 0 Å². The second-order valence-corrected chi connectivity index (χ2v) is 9.29. The van der Waals surface area contributed by atoms with Gasteiger partial charge in [-0.05, 0) is 62.0 Å². The molecule has 0 fully saturated rings. The number of ether oxygens (including phenoxy) is 1. The Morgan fingerprint density at radius 3 is 2.70 bits per heavy atom. The Morgan fingerprint density at radius 2 is 2.04 bits per heavy atom. The smallest absolute Gasteiger partial charge is 0.341 e. The first kappa shape index (κ1) is 19.8. The number of carbonyl (C=O) groups is 2. The van der Waals surface area contributed by atoms with Gasteiger partial charge in [-0.1, -0.05) is 6.92 Å². The number of nitrogens with one attached hydrogen (secondary N) is 3. The Hall–Kier alpha value is -1.97. The zero-order chi connectivity index (χ0) is 19.6. The van der Waals surface area contributed by atoms with Gasteiger partial charge in [0.15, 0.2) is 5.11 Å². The molecule has 3 rings (SSSR count). The molecule has 0 bridgehead atoms. The SMILES string of the molecule is COC(=O)c1c(NC(=S)NNC(=O)c2ccc(C)s2)sc2c1CC[C@H](C)C2. The molecular weight excluding hydrogens is 402 g/mol. The molecule has 2 aromatic rings. The van der Waals surface area contributed by atoms with Crippen LogP contribution >= 0.6 is 34.9 Å². The molecule has 144 valence electrons. The number of hydrogen-bond donors (Lipinski definition) is 3. The fourth-order valence-electron chi connectivity index (χ4n) is 3.02. The molecule has 1 aliphatic rings. The molecule has 2 heterocycles. The average molecular weight is 424 g/mol. The van der Waals surface area contributed by atoms with Crippen molar-refractivity contribution in [2.45, 2.75) is 33.1 Å². The summed E-state index contributed by atoms with van der Waals surface area (Å²) in [7, 11) is 1.38. The zero-order valence-electron chi connectivity index (χ0n) is 15.3. The second-order valence-electron chi connectivity index (χ2n) is 6.49. The van der Waals surface area contributed by atoms with Crippen LogP contribution in [0.4, 0.5) is 5.00 Å². The molecule has 1 amide bonds. The second kappa shape index (κ2) is 8.37. The number of thiophene rings is 2. The maximum Gasteiger partial charge on any atom is 0.341 e. The van der Waals surface area contributed by atoms with Crippen molar-refractivity contribution < 1.29 is 14.3 Å². The van der Waals surface area contributed by atoms with Gasteiger partial charge in [-0.25, -0.2) is 4.79 Å². The highest BCUT2D eigenvalue weighted by Crippen LogP contribution is 2.39. The van der Waals surface area contributed by atoms with Crippen molar-refractivity contribution in [1.29, 1.82) is 0 Å². The molecule has 1 aliphatic carbocycles. The first-order valence-electron chi connectivity index (χ1n) is 8.55. The number of thiocarbonyl (C=S) groups is 1. The van der Waals surface area contributed by atoms with Gasteiger partial charge in [-0.3, -0.25) is 15.6 Å². The summed E-state index contributed by atoms with van der Waals surface area (Å²) in [5.41, 5.74) is 6.86. The van der Waals surface area contributed by atoms with Crippen molar-refractivity contribution in [2.75, 3.05) is 12.4 Å². The lowest BCUT2D eigenvalue weighted by atomic mass is 9.88. The maximum atomic E-state index is 12.3. The van der Waals surface area contributed by atoms with Gasteiger partial charge in [0.1, 0.15) is 5.00 Å². The summed E-state index contributed by atoms with van der Waals surface area (Å²) in [6, 6.07) is 3.65. The Kier molecular flexibility index (Phi) is 6.13. The number of carbonyl (C=O) groups excluding carboxylic acids is 2. The monoisotopic (exact) mass is 423 g/mol. The third-order valence-corrected chi connectivity index (χ3v) is 6.76. The summed E-state index contributed by atoms with van der Waals surface area (Å²) in [6.07, 6.45) is 2.85. The number of methoxy groups -OCH3 is 1. The van der Waals surface area contributed by atoms with Gasteiger partial charge < -0.3 is 10.1 Å². The number of aryl methyl sites for hydroxylation is 1. The van der Waals surface area contributed by atoms with E-state index in [2.05, 4.69) is 23.1 Å². The third-order valence-electron chi connectivity index (χ3n) is 4.38. The van der Waals surface area contributed by atoms with Gasteiger partial charge in [-0.15, -0.1) is 22.7 Å². The fourth-order valence-corrected chi connectivity index (χ4v) is 5.41. The summed E-state index contributed by atoms with van der Waals surface area (Å²) in [5.74, 6) is -0.0386. The quantitative estimate of drug-likeness (QED) is 0.397. The summed E-state index contributed by atoms with van der Waals surface area (Å²) < 4.78 is 4.96. The molecule has 2 aromatic heterocycles. The van der Waals surface area contributed by atoms with E-state index in [1.807, 2.05) is 13.0 Å². The van der Waals surface area contributed by atoms with Gasteiger partial charge >= 0.3 is 5.97 Å². The fraction of sp³-hybridized carbons (Fsp3) is 0.389. The van der Waals surface area contributed by atoms with Crippen molar-refractivity contribution >= 4 is 56.9 Å². The van der Waals surface area contributed by atoms with Crippen molar-refractivity contribution in [1.82, 2.24) is 10.9 Å². The molecule has 27 heavy (non-hydrogen) atoms. The van der Waals surface area contributed by atoms with Crippen molar-refractivity contribution in [3.8, 4) is 0 Å². The number of hydrogen-bond acceptors (Lipinski definition) is 6. The number of amides is 1. The van der Waals surface area contributed by atoms with Crippen molar-refractivity contribution in [3.05, 3.63) is 37.9 Å².